The van der Waals surface area contributed by atoms with Crippen LogP contribution >= 0.6 is 27.3 Å². The van der Waals surface area contributed by atoms with E-state index in [1.165, 1.54) is 0 Å². The van der Waals surface area contributed by atoms with Crippen molar-refractivity contribution in [1.82, 2.24) is 15.1 Å². The van der Waals surface area contributed by atoms with Crippen molar-refractivity contribution in [2.45, 2.75) is 6.54 Å². The van der Waals surface area contributed by atoms with Crippen molar-refractivity contribution >= 4 is 27.3 Å². The average Bonchev–Trinajstić information content (AvgIpc) is 2.13. The predicted octanol–water partition coefficient (Wildman–Crippen LogP) is 1.36. The van der Waals surface area contributed by atoms with Crippen LogP contribution in [0, 0.1) is 0 Å². The van der Waals surface area contributed by atoms with Crippen molar-refractivity contribution < 1.29 is 0 Å². The van der Waals surface area contributed by atoms with E-state index in [1.54, 1.807) is 11.3 Å². The zero-order valence-electron chi connectivity index (χ0n) is 5.83. The minimum atomic E-state index is 0.851. The minimum Gasteiger partial charge on any atom is -0.303 e. The van der Waals surface area contributed by atoms with Crippen molar-refractivity contribution in [3.05, 3.63) is 8.92 Å². The Labute approximate surface area is 72.2 Å². The van der Waals surface area contributed by atoms with E-state index >= 15 is 0 Å². The maximum atomic E-state index is 3.94. The van der Waals surface area contributed by atoms with Crippen molar-refractivity contribution in [3.63, 3.8) is 0 Å². The summed E-state index contributed by atoms with van der Waals surface area (Å²) in [6, 6.07) is 0. The highest BCUT2D eigenvalue weighted by Gasteiger charge is 2.00. The van der Waals surface area contributed by atoms with E-state index in [4.69, 9.17) is 0 Å². The van der Waals surface area contributed by atoms with E-state index in [-0.39, 0.29) is 0 Å². The summed E-state index contributed by atoms with van der Waals surface area (Å²) in [4.78, 5) is 2.06. The molecule has 0 aliphatic rings. The molecule has 0 aliphatic heterocycles. The van der Waals surface area contributed by atoms with Gasteiger partial charge in [0.05, 0.1) is 6.54 Å². The van der Waals surface area contributed by atoms with E-state index in [9.17, 15) is 0 Å². The van der Waals surface area contributed by atoms with Gasteiger partial charge in [0.2, 0.25) is 0 Å². The first kappa shape index (κ1) is 8.10. The zero-order chi connectivity index (χ0) is 7.56. The van der Waals surface area contributed by atoms with Crippen molar-refractivity contribution in [2.75, 3.05) is 14.1 Å². The summed E-state index contributed by atoms with van der Waals surface area (Å²) in [6.45, 7) is 0.864. The molecule has 3 nitrogen and oxygen atoms in total. The molecule has 0 radical (unpaired) electrons. The van der Waals surface area contributed by atoms with Crippen LogP contribution in [0.1, 0.15) is 5.01 Å². The molecule has 0 saturated heterocycles. The molecule has 0 spiro atoms. The van der Waals surface area contributed by atoms with Gasteiger partial charge in [-0.25, -0.2) is 0 Å². The topological polar surface area (TPSA) is 29.0 Å². The Morgan fingerprint density at radius 2 is 2.20 bits per heavy atom. The average molecular weight is 222 g/mol. The highest BCUT2D eigenvalue weighted by Crippen LogP contribution is 2.15. The molecule has 0 aromatic carbocycles. The van der Waals surface area contributed by atoms with Crippen LogP contribution in [0.3, 0.4) is 0 Å². The Morgan fingerprint density at radius 3 is 2.60 bits per heavy atom. The Balaban J connectivity index is 2.58. The van der Waals surface area contributed by atoms with E-state index in [2.05, 4.69) is 31.0 Å². The molecular formula is C5H8BrN3S. The zero-order valence-corrected chi connectivity index (χ0v) is 8.24. The molecule has 0 fully saturated rings. The van der Waals surface area contributed by atoms with Crippen LogP contribution in [-0.4, -0.2) is 29.2 Å². The lowest BCUT2D eigenvalue weighted by atomic mass is 10.6. The summed E-state index contributed by atoms with van der Waals surface area (Å²) in [5.74, 6) is 0. The fourth-order valence-corrected chi connectivity index (χ4v) is 1.89. The van der Waals surface area contributed by atoms with Gasteiger partial charge in [-0.3, -0.25) is 0 Å². The molecule has 0 bridgehead atoms. The molecule has 0 atom stereocenters. The number of aromatic nitrogens is 2. The number of nitrogens with zero attached hydrogens (tertiary/aromatic N) is 3. The number of rotatable bonds is 2. The SMILES string of the molecule is CN(C)Cc1nnc(Br)s1. The first-order chi connectivity index (χ1) is 4.68. The second kappa shape index (κ2) is 3.41. The highest BCUT2D eigenvalue weighted by atomic mass is 79.9. The van der Waals surface area contributed by atoms with E-state index in [1.807, 2.05) is 14.1 Å². The monoisotopic (exact) mass is 221 g/mol. The van der Waals surface area contributed by atoms with Crippen LogP contribution in [0.4, 0.5) is 0 Å². The molecule has 1 heterocycles. The maximum absolute atomic E-state index is 3.94. The fourth-order valence-electron chi connectivity index (χ4n) is 0.568. The second-order valence-electron chi connectivity index (χ2n) is 2.19. The third-order valence-electron chi connectivity index (χ3n) is 0.894. The Kier molecular flexibility index (Phi) is 2.76. The minimum absolute atomic E-state index is 0.851. The fraction of sp³-hybridized carbons (Fsp3) is 0.600. The standard InChI is InChI=1S/C5H8BrN3S/c1-9(2)3-4-7-8-5(6)10-4/h3H2,1-2H3. The van der Waals surface area contributed by atoms with Crippen molar-refractivity contribution in [2.24, 2.45) is 0 Å². The molecule has 56 valence electrons. The smallest absolute Gasteiger partial charge is 0.183 e. The molecule has 1 rings (SSSR count). The summed E-state index contributed by atoms with van der Waals surface area (Å²) >= 11 is 4.82. The summed E-state index contributed by atoms with van der Waals surface area (Å²) in [5.41, 5.74) is 0. The van der Waals surface area contributed by atoms with Gasteiger partial charge in [-0.1, -0.05) is 11.3 Å². The molecule has 5 heteroatoms. The third-order valence-corrected chi connectivity index (χ3v) is 2.23. The lowest BCUT2D eigenvalue weighted by Gasteiger charge is -2.03. The van der Waals surface area contributed by atoms with Crippen LogP contribution in [-0.2, 0) is 6.54 Å². The van der Waals surface area contributed by atoms with Crippen LogP contribution in [0.5, 0.6) is 0 Å². The van der Waals surface area contributed by atoms with Crippen molar-refractivity contribution in [3.8, 4) is 0 Å². The first-order valence-corrected chi connectivity index (χ1v) is 4.42. The molecule has 1 aromatic heterocycles. The number of halogens is 1. The quantitative estimate of drug-likeness (QED) is 0.756. The third kappa shape index (κ3) is 2.32. The Morgan fingerprint density at radius 1 is 1.50 bits per heavy atom. The summed E-state index contributed by atoms with van der Waals surface area (Å²) in [6.07, 6.45) is 0. The van der Waals surface area contributed by atoms with Gasteiger partial charge in [0, 0.05) is 0 Å². The molecule has 0 unspecified atom stereocenters. The normalized spacial score (nSPS) is 10.8. The van der Waals surface area contributed by atoms with Crippen LogP contribution in [0.2, 0.25) is 0 Å². The van der Waals surface area contributed by atoms with Gasteiger partial charge in [-0.2, -0.15) is 0 Å². The van der Waals surface area contributed by atoms with E-state index in [0.717, 1.165) is 15.5 Å². The van der Waals surface area contributed by atoms with Crippen LogP contribution < -0.4 is 0 Å². The molecule has 0 N–H and O–H groups in total. The largest absolute Gasteiger partial charge is 0.303 e. The summed E-state index contributed by atoms with van der Waals surface area (Å²) in [5, 5.41) is 8.80. The van der Waals surface area contributed by atoms with Gasteiger partial charge >= 0.3 is 0 Å². The highest BCUT2D eigenvalue weighted by molar-refractivity contribution is 9.11. The van der Waals surface area contributed by atoms with E-state index in [0.29, 0.717) is 0 Å². The summed E-state index contributed by atoms with van der Waals surface area (Å²) < 4.78 is 0.851. The van der Waals surface area contributed by atoms with E-state index < -0.39 is 0 Å². The van der Waals surface area contributed by atoms with Gasteiger partial charge in [-0.15, -0.1) is 10.2 Å². The Hall–Kier alpha value is -0.0000000000000000833. The molecule has 0 aliphatic carbocycles. The lowest BCUT2D eigenvalue weighted by molar-refractivity contribution is 0.400. The molecule has 10 heavy (non-hydrogen) atoms. The molecule has 1 aromatic rings. The van der Waals surface area contributed by atoms with Crippen LogP contribution in [0.15, 0.2) is 3.92 Å². The van der Waals surface area contributed by atoms with Gasteiger partial charge in [0.15, 0.2) is 3.92 Å². The summed E-state index contributed by atoms with van der Waals surface area (Å²) in [7, 11) is 4.02. The molecule has 0 saturated carbocycles. The van der Waals surface area contributed by atoms with Gasteiger partial charge < -0.3 is 4.90 Å². The van der Waals surface area contributed by atoms with Gasteiger partial charge in [0.25, 0.3) is 0 Å². The maximum Gasteiger partial charge on any atom is 0.183 e. The number of hydrogen-bond acceptors (Lipinski definition) is 4. The Bertz CT molecular complexity index is 210. The molecular weight excluding hydrogens is 214 g/mol. The predicted molar refractivity (Wildman–Crippen MR) is 45.0 cm³/mol. The number of hydrogen-bond donors (Lipinski definition) is 0. The van der Waals surface area contributed by atoms with Crippen LogP contribution in [0.25, 0.3) is 0 Å². The van der Waals surface area contributed by atoms with Gasteiger partial charge in [0.1, 0.15) is 5.01 Å². The molecule has 0 amide bonds. The first-order valence-electron chi connectivity index (χ1n) is 2.81. The lowest BCUT2D eigenvalue weighted by Crippen LogP contribution is -2.10. The van der Waals surface area contributed by atoms with Gasteiger partial charge in [-0.05, 0) is 30.0 Å². The second-order valence-corrected chi connectivity index (χ2v) is 4.52. The van der Waals surface area contributed by atoms with Crippen molar-refractivity contribution in [1.29, 1.82) is 0 Å².